The van der Waals surface area contributed by atoms with Gasteiger partial charge in [-0.15, -0.1) is 0 Å². The van der Waals surface area contributed by atoms with Crippen molar-refractivity contribution in [3.63, 3.8) is 0 Å². The molecule has 188 valence electrons. The molecule has 3 aromatic rings. The Morgan fingerprint density at radius 3 is 2.38 bits per heavy atom. The normalized spacial score (nSPS) is 19.3. The largest absolute Gasteiger partial charge is 0.480 e. The van der Waals surface area contributed by atoms with Crippen LogP contribution in [0.15, 0.2) is 42.6 Å². The highest BCUT2D eigenvalue weighted by atomic mass is 35.5. The second-order valence-electron chi connectivity index (χ2n) is 9.24. The van der Waals surface area contributed by atoms with E-state index in [4.69, 9.17) is 28.5 Å². The van der Waals surface area contributed by atoms with Crippen LogP contribution in [0.25, 0.3) is 0 Å². The number of carbonyl (C=O) groups excluding carboxylic acids is 2. The molecule has 1 unspecified atom stereocenters. The fraction of sp³-hybridized carbons (Fsp3) is 0.240. The van der Waals surface area contributed by atoms with Gasteiger partial charge >= 0.3 is 5.97 Å². The summed E-state index contributed by atoms with van der Waals surface area (Å²) < 4.78 is 15.6. The van der Waals surface area contributed by atoms with Crippen LogP contribution in [-0.2, 0) is 21.5 Å². The molecule has 2 amide bonds. The van der Waals surface area contributed by atoms with Crippen molar-refractivity contribution in [1.82, 2.24) is 14.9 Å². The molecule has 1 saturated carbocycles. The van der Waals surface area contributed by atoms with Crippen LogP contribution in [0.4, 0.5) is 16.0 Å². The number of anilines is 2. The fourth-order valence-corrected chi connectivity index (χ4v) is 5.00. The first kappa shape index (κ1) is 24.7. The van der Waals surface area contributed by atoms with Crippen LogP contribution >= 0.6 is 23.2 Å². The number of imidazole rings is 1. The molecule has 1 aromatic heterocycles. The molecule has 1 atom stereocenters. The monoisotopic (exact) mass is 541 g/mol. The molecular formula is C25H18Cl2FN5O4. The second-order valence-corrected chi connectivity index (χ2v) is 10.1. The van der Waals surface area contributed by atoms with Gasteiger partial charge in [-0.05, 0) is 49.6 Å². The third kappa shape index (κ3) is 3.91. The van der Waals surface area contributed by atoms with Gasteiger partial charge in [0.05, 0.1) is 33.6 Å². The Morgan fingerprint density at radius 1 is 1.22 bits per heavy atom. The van der Waals surface area contributed by atoms with Gasteiger partial charge in [-0.3, -0.25) is 14.2 Å². The van der Waals surface area contributed by atoms with Crippen molar-refractivity contribution < 1.29 is 23.9 Å². The van der Waals surface area contributed by atoms with Crippen molar-refractivity contribution in [2.75, 3.05) is 4.90 Å². The van der Waals surface area contributed by atoms with Gasteiger partial charge in [-0.2, -0.15) is 5.26 Å². The van der Waals surface area contributed by atoms with Crippen LogP contribution < -0.4 is 10.2 Å². The molecule has 0 spiro atoms. The Kier molecular flexibility index (Phi) is 5.73. The molecule has 37 heavy (non-hydrogen) atoms. The standard InChI is InChI=1S/C25H18Cl2FN5O4/c1-24(10-13-2-4-14(11-29)5-3-13)21(35)32(15-8-16(26)19(28)17(27)9-15)23-30-12-18(33(23)24)20(34)31-25(6-7-25)22(36)37/h2-5,8-9,12H,6-7,10H2,1H3,(H,31,34)(H,36,37). The molecular weight excluding hydrogens is 524 g/mol. The van der Waals surface area contributed by atoms with Gasteiger partial charge in [0.1, 0.15) is 16.8 Å². The second kappa shape index (κ2) is 8.57. The summed E-state index contributed by atoms with van der Waals surface area (Å²) in [6.45, 7) is 1.62. The number of carboxylic acid groups (broad SMARTS) is 1. The van der Waals surface area contributed by atoms with E-state index in [1.165, 1.54) is 27.8 Å². The zero-order valence-electron chi connectivity index (χ0n) is 19.3. The first-order valence-electron chi connectivity index (χ1n) is 11.1. The van der Waals surface area contributed by atoms with Gasteiger partial charge in [0.2, 0.25) is 5.95 Å². The average Bonchev–Trinajstić information content (AvgIpc) is 3.46. The van der Waals surface area contributed by atoms with Crippen molar-refractivity contribution in [3.05, 3.63) is 75.3 Å². The van der Waals surface area contributed by atoms with Crippen molar-refractivity contribution >= 4 is 52.6 Å². The fourth-order valence-electron chi connectivity index (χ4n) is 4.53. The van der Waals surface area contributed by atoms with E-state index in [0.29, 0.717) is 11.1 Å². The number of rotatable bonds is 6. The molecule has 5 rings (SSSR count). The van der Waals surface area contributed by atoms with Crippen LogP contribution in [0, 0.1) is 17.1 Å². The number of carboxylic acids is 1. The molecule has 2 N–H and O–H groups in total. The van der Waals surface area contributed by atoms with Gasteiger partial charge in [0.15, 0.2) is 5.82 Å². The van der Waals surface area contributed by atoms with Crippen LogP contribution in [0.2, 0.25) is 10.0 Å². The Morgan fingerprint density at radius 2 is 1.84 bits per heavy atom. The average molecular weight is 542 g/mol. The van der Waals surface area contributed by atoms with E-state index in [2.05, 4.69) is 10.3 Å². The van der Waals surface area contributed by atoms with Gasteiger partial charge < -0.3 is 10.4 Å². The van der Waals surface area contributed by atoms with Crippen LogP contribution in [-0.4, -0.2) is 38.0 Å². The van der Waals surface area contributed by atoms with Gasteiger partial charge in [0, 0.05) is 6.42 Å². The van der Waals surface area contributed by atoms with Gasteiger partial charge in [-0.1, -0.05) is 35.3 Å². The third-order valence-electron chi connectivity index (χ3n) is 6.70. The molecule has 2 aromatic carbocycles. The number of hydrogen-bond acceptors (Lipinski definition) is 5. The Bertz CT molecular complexity index is 1500. The topological polar surface area (TPSA) is 128 Å². The number of hydrogen-bond donors (Lipinski definition) is 2. The number of carbonyl (C=O) groups is 3. The highest BCUT2D eigenvalue weighted by Gasteiger charge is 2.54. The number of amides is 2. The number of fused-ring (bicyclic) bond motifs is 1. The summed E-state index contributed by atoms with van der Waals surface area (Å²) in [5.74, 6) is -3.12. The Hall–Kier alpha value is -3.94. The van der Waals surface area contributed by atoms with E-state index in [-0.39, 0.29) is 46.6 Å². The maximum absolute atomic E-state index is 14.1. The molecule has 0 radical (unpaired) electrons. The summed E-state index contributed by atoms with van der Waals surface area (Å²) in [6.07, 6.45) is 1.93. The number of nitrogens with zero attached hydrogens (tertiary/aromatic N) is 4. The summed E-state index contributed by atoms with van der Waals surface area (Å²) in [4.78, 5) is 44.4. The van der Waals surface area contributed by atoms with E-state index in [1.807, 2.05) is 6.07 Å². The summed E-state index contributed by atoms with van der Waals surface area (Å²) in [5, 5.41) is 20.6. The number of halogens is 3. The van der Waals surface area contributed by atoms with Crippen molar-refractivity contribution in [2.24, 2.45) is 0 Å². The zero-order valence-corrected chi connectivity index (χ0v) is 20.8. The SMILES string of the molecule is CC1(Cc2ccc(C#N)cc2)C(=O)N(c2cc(Cl)c(F)c(Cl)c2)c2ncc(C(=O)NC3(C(=O)O)CC3)n21. The molecule has 2 aliphatic rings. The number of benzene rings is 2. The number of aromatic nitrogens is 2. The number of nitriles is 1. The van der Waals surface area contributed by atoms with Gasteiger partial charge in [0.25, 0.3) is 11.8 Å². The smallest absolute Gasteiger partial charge is 0.329 e. The van der Waals surface area contributed by atoms with Crippen LogP contribution in [0.5, 0.6) is 0 Å². The molecule has 9 nitrogen and oxygen atoms in total. The highest BCUT2D eigenvalue weighted by molar-refractivity contribution is 6.35. The molecule has 12 heteroatoms. The predicted molar refractivity (Wildman–Crippen MR) is 131 cm³/mol. The molecule has 1 aliphatic carbocycles. The summed E-state index contributed by atoms with van der Waals surface area (Å²) in [7, 11) is 0. The molecule has 2 heterocycles. The van der Waals surface area contributed by atoms with Crippen molar-refractivity contribution in [1.29, 1.82) is 5.26 Å². The number of aliphatic carboxylic acids is 1. The minimum atomic E-state index is -1.40. The lowest BCUT2D eigenvalue weighted by molar-refractivity contribution is -0.140. The minimum absolute atomic E-state index is 0.0196. The van der Waals surface area contributed by atoms with Crippen molar-refractivity contribution in [3.8, 4) is 6.07 Å². The lowest BCUT2D eigenvalue weighted by Gasteiger charge is -2.27. The predicted octanol–water partition coefficient (Wildman–Crippen LogP) is 4.18. The lowest BCUT2D eigenvalue weighted by atomic mass is 9.91. The minimum Gasteiger partial charge on any atom is -0.480 e. The molecule has 1 fully saturated rings. The van der Waals surface area contributed by atoms with Gasteiger partial charge in [-0.25, -0.2) is 19.1 Å². The Labute approximate surface area is 220 Å². The van der Waals surface area contributed by atoms with E-state index >= 15 is 0 Å². The highest BCUT2D eigenvalue weighted by Crippen LogP contribution is 2.44. The first-order valence-corrected chi connectivity index (χ1v) is 11.9. The third-order valence-corrected chi connectivity index (χ3v) is 7.25. The molecule has 0 saturated heterocycles. The maximum atomic E-state index is 14.1. The van der Waals surface area contributed by atoms with Crippen molar-refractivity contribution in [2.45, 2.75) is 37.3 Å². The lowest BCUT2D eigenvalue weighted by Crippen LogP contribution is -2.46. The zero-order chi connectivity index (χ0) is 26.7. The van der Waals surface area contributed by atoms with E-state index in [9.17, 15) is 23.9 Å². The Balaban J connectivity index is 1.63. The molecule has 0 bridgehead atoms. The number of nitrogens with one attached hydrogen (secondary N) is 1. The first-order chi connectivity index (χ1) is 17.5. The summed E-state index contributed by atoms with van der Waals surface area (Å²) in [6, 6.07) is 11.1. The van der Waals surface area contributed by atoms with E-state index < -0.39 is 34.7 Å². The maximum Gasteiger partial charge on any atom is 0.329 e. The summed E-state index contributed by atoms with van der Waals surface area (Å²) >= 11 is 12.0. The van der Waals surface area contributed by atoms with Crippen LogP contribution in [0.3, 0.4) is 0 Å². The quantitative estimate of drug-likeness (QED) is 0.450. The summed E-state index contributed by atoms with van der Waals surface area (Å²) in [5.41, 5.74) is -1.49. The van der Waals surface area contributed by atoms with E-state index in [0.717, 1.165) is 0 Å². The van der Waals surface area contributed by atoms with Crippen LogP contribution in [0.1, 0.15) is 41.4 Å². The molecule has 1 aliphatic heterocycles. The van der Waals surface area contributed by atoms with E-state index in [1.54, 1.807) is 31.2 Å².